The number of benzene rings is 1. The molecule has 0 atom stereocenters. The molecule has 0 heterocycles. The fraction of sp³-hybridized carbons (Fsp3) is 0. The number of nitrogens with one attached hydrogen (secondary N) is 1. The summed E-state index contributed by atoms with van der Waals surface area (Å²) in [6.45, 7) is 0. The van der Waals surface area contributed by atoms with Crippen LogP contribution >= 0.6 is 24.4 Å². The van der Waals surface area contributed by atoms with Gasteiger partial charge in [0.15, 0.2) is 0 Å². The summed E-state index contributed by atoms with van der Waals surface area (Å²) < 4.78 is 0. The first kappa shape index (κ1) is 9.95. The summed E-state index contributed by atoms with van der Waals surface area (Å²) in [5.41, 5.74) is 3.29. The maximum absolute atomic E-state index is 4.65. The molecule has 0 radical (unpaired) electrons. The summed E-state index contributed by atoms with van der Waals surface area (Å²) in [4.78, 5) is 4.08. The van der Waals surface area contributed by atoms with Crippen molar-refractivity contribution in [2.75, 3.05) is 5.32 Å². The molecule has 13 heavy (non-hydrogen) atoms. The normalized spacial score (nSPS) is 9.85. The molecule has 0 amide bonds. The topological polar surface area (TPSA) is 24.4 Å². The molecule has 4 heteroatoms. The molecule has 1 aromatic carbocycles. The summed E-state index contributed by atoms with van der Waals surface area (Å²) in [7, 11) is 0. The molecular weight excluding hydrogens is 200 g/mol. The third kappa shape index (κ3) is 3.40. The Balaban J connectivity index is 2.74. The minimum atomic E-state index is 0.871. The third-order valence-electron chi connectivity index (χ3n) is 1.38. The first-order chi connectivity index (χ1) is 6.36. The molecule has 0 saturated carbocycles. The molecular formula is C9H8N2S2. The second-order valence-corrected chi connectivity index (χ2v) is 2.73. The highest BCUT2D eigenvalue weighted by Gasteiger charge is 1.88. The average Bonchev–Trinajstić information content (AvgIpc) is 2.17. The van der Waals surface area contributed by atoms with Crippen molar-refractivity contribution in [3.63, 3.8) is 0 Å². The third-order valence-corrected chi connectivity index (χ3v) is 1.62. The average molecular weight is 208 g/mol. The van der Waals surface area contributed by atoms with E-state index in [0.29, 0.717) is 0 Å². The van der Waals surface area contributed by atoms with Gasteiger partial charge >= 0.3 is 0 Å². The molecule has 0 spiro atoms. The first-order valence-corrected chi connectivity index (χ1v) is 4.59. The van der Waals surface area contributed by atoms with Gasteiger partial charge in [-0.3, -0.25) is 4.99 Å². The van der Waals surface area contributed by atoms with E-state index in [1.54, 1.807) is 6.21 Å². The largest absolute Gasteiger partial charge is 0.353 e. The molecule has 0 bridgehead atoms. The van der Waals surface area contributed by atoms with Crippen LogP contribution in [0.2, 0.25) is 0 Å². The lowest BCUT2D eigenvalue weighted by Gasteiger charge is -1.98. The maximum Gasteiger partial charge on any atom is 0.0658 e. The van der Waals surface area contributed by atoms with E-state index in [0.717, 1.165) is 11.4 Å². The fourth-order valence-electron chi connectivity index (χ4n) is 0.828. The van der Waals surface area contributed by atoms with Crippen molar-refractivity contribution in [2.45, 2.75) is 0 Å². The summed E-state index contributed by atoms with van der Waals surface area (Å²) in [6, 6.07) is 7.57. The quantitative estimate of drug-likeness (QED) is 0.608. The highest BCUT2D eigenvalue weighted by molar-refractivity contribution is 7.80. The number of aliphatic imine (C=N–C) groups is 1. The van der Waals surface area contributed by atoms with Gasteiger partial charge in [-0.1, -0.05) is 24.4 Å². The lowest BCUT2D eigenvalue weighted by molar-refractivity contribution is 1.54. The SMILES string of the molecule is S=CC=Nc1ccc(NC=S)cc1. The molecule has 1 N–H and O–H groups in total. The van der Waals surface area contributed by atoms with Crippen LogP contribution in [-0.2, 0) is 0 Å². The Kier molecular flexibility index (Phi) is 4.21. The monoisotopic (exact) mass is 208 g/mol. The van der Waals surface area contributed by atoms with E-state index >= 15 is 0 Å². The molecule has 0 unspecified atom stereocenters. The molecule has 1 aromatic rings. The number of anilines is 1. The number of hydrogen-bond donors (Lipinski definition) is 1. The molecule has 66 valence electrons. The van der Waals surface area contributed by atoms with Crippen molar-refractivity contribution < 1.29 is 0 Å². The standard InChI is InChI=1S/C9H8N2S2/c12-6-5-10-8-1-3-9(4-2-8)11-7-13/h1-7H,(H,11,13). The van der Waals surface area contributed by atoms with Crippen LogP contribution < -0.4 is 5.32 Å². The summed E-state index contributed by atoms with van der Waals surface area (Å²) in [6.07, 6.45) is 1.58. The number of thiocarbonyl (C=S) groups is 2. The zero-order valence-corrected chi connectivity index (χ0v) is 8.44. The molecule has 0 aliphatic carbocycles. The van der Waals surface area contributed by atoms with Crippen LogP contribution in [0, 0.1) is 0 Å². The number of rotatable bonds is 4. The number of hydrogen-bond acceptors (Lipinski definition) is 3. The minimum Gasteiger partial charge on any atom is -0.353 e. The van der Waals surface area contributed by atoms with Crippen molar-refractivity contribution >= 4 is 52.9 Å². The van der Waals surface area contributed by atoms with Gasteiger partial charge in [-0.15, -0.1) is 0 Å². The van der Waals surface area contributed by atoms with E-state index in [1.807, 2.05) is 24.3 Å². The van der Waals surface area contributed by atoms with Gasteiger partial charge in [0.05, 0.1) is 11.2 Å². The second kappa shape index (κ2) is 5.50. The molecule has 0 aliphatic rings. The highest BCUT2D eigenvalue weighted by atomic mass is 32.1. The van der Waals surface area contributed by atoms with Crippen LogP contribution in [0.15, 0.2) is 29.3 Å². The van der Waals surface area contributed by atoms with E-state index in [4.69, 9.17) is 0 Å². The van der Waals surface area contributed by atoms with Gasteiger partial charge in [-0.05, 0) is 24.3 Å². The molecule has 2 nitrogen and oxygen atoms in total. The van der Waals surface area contributed by atoms with Crippen LogP contribution in [0.25, 0.3) is 0 Å². The van der Waals surface area contributed by atoms with Gasteiger partial charge in [-0.25, -0.2) is 0 Å². The fourth-order valence-corrected chi connectivity index (χ4v) is 1.03. The van der Waals surface area contributed by atoms with E-state index in [9.17, 15) is 0 Å². The van der Waals surface area contributed by atoms with E-state index in [-0.39, 0.29) is 0 Å². The summed E-state index contributed by atoms with van der Waals surface area (Å²) in [5.74, 6) is 0. The van der Waals surface area contributed by atoms with E-state index in [1.165, 1.54) is 10.9 Å². The first-order valence-electron chi connectivity index (χ1n) is 3.65. The van der Waals surface area contributed by atoms with Crippen molar-refractivity contribution in [3.05, 3.63) is 24.3 Å². The molecule has 1 rings (SSSR count). The van der Waals surface area contributed by atoms with Gasteiger partial charge in [0.25, 0.3) is 0 Å². The lowest BCUT2D eigenvalue weighted by atomic mass is 10.3. The molecule has 0 saturated heterocycles. The van der Waals surface area contributed by atoms with Gasteiger partial charge in [-0.2, -0.15) is 0 Å². The van der Waals surface area contributed by atoms with E-state index in [2.05, 4.69) is 34.7 Å². The Morgan fingerprint density at radius 1 is 1.15 bits per heavy atom. The van der Waals surface area contributed by atoms with Gasteiger partial charge in [0, 0.05) is 17.3 Å². The minimum absolute atomic E-state index is 0.871. The maximum atomic E-state index is 4.65. The van der Waals surface area contributed by atoms with Crippen LogP contribution in [0.5, 0.6) is 0 Å². The highest BCUT2D eigenvalue weighted by Crippen LogP contribution is 2.14. The van der Waals surface area contributed by atoms with Crippen molar-refractivity contribution in [3.8, 4) is 0 Å². The predicted molar refractivity (Wildman–Crippen MR) is 65.5 cm³/mol. The Labute approximate surface area is 87.7 Å². The molecule has 0 aromatic heterocycles. The van der Waals surface area contributed by atoms with Crippen LogP contribution in [0.1, 0.15) is 0 Å². The zero-order valence-electron chi connectivity index (χ0n) is 6.81. The Morgan fingerprint density at radius 3 is 2.38 bits per heavy atom. The Bertz CT molecular complexity index is 317. The van der Waals surface area contributed by atoms with Crippen LogP contribution in [0.3, 0.4) is 0 Å². The molecule has 0 fully saturated rings. The zero-order chi connectivity index (χ0) is 9.52. The van der Waals surface area contributed by atoms with Gasteiger partial charge < -0.3 is 5.32 Å². The van der Waals surface area contributed by atoms with Crippen LogP contribution in [-0.4, -0.2) is 17.1 Å². The molecule has 0 aliphatic heterocycles. The second-order valence-electron chi connectivity index (χ2n) is 2.22. The van der Waals surface area contributed by atoms with Crippen LogP contribution in [0.4, 0.5) is 11.4 Å². The van der Waals surface area contributed by atoms with Crippen molar-refractivity contribution in [2.24, 2.45) is 4.99 Å². The Hall–Kier alpha value is -1.13. The van der Waals surface area contributed by atoms with Crippen molar-refractivity contribution in [1.82, 2.24) is 0 Å². The van der Waals surface area contributed by atoms with E-state index < -0.39 is 0 Å². The van der Waals surface area contributed by atoms with Gasteiger partial charge in [0.2, 0.25) is 0 Å². The smallest absolute Gasteiger partial charge is 0.0658 e. The lowest BCUT2D eigenvalue weighted by Crippen LogP contribution is -1.89. The summed E-state index contributed by atoms with van der Waals surface area (Å²) in [5, 5.41) is 4.38. The Morgan fingerprint density at radius 2 is 1.85 bits per heavy atom. The predicted octanol–water partition coefficient (Wildman–Crippen LogP) is 2.76. The summed E-state index contributed by atoms with van der Waals surface area (Å²) >= 11 is 9.27. The number of nitrogens with zero attached hydrogens (tertiary/aromatic N) is 1. The van der Waals surface area contributed by atoms with Crippen molar-refractivity contribution in [1.29, 1.82) is 0 Å². The van der Waals surface area contributed by atoms with Gasteiger partial charge in [0.1, 0.15) is 0 Å².